The maximum atomic E-state index is 11.5. The number of hydrogen-bond acceptors (Lipinski definition) is 3. The number of rotatable bonds is 2. The van der Waals surface area contributed by atoms with Crippen molar-refractivity contribution in [3.05, 3.63) is 63.4 Å². The van der Waals surface area contributed by atoms with Crippen LogP contribution < -0.4 is 5.63 Å². The number of hydrogen-bond donors (Lipinski definition) is 0. The van der Waals surface area contributed by atoms with Crippen molar-refractivity contribution < 1.29 is 4.42 Å². The van der Waals surface area contributed by atoms with Crippen molar-refractivity contribution in [2.75, 3.05) is 0 Å². The molecule has 5 heteroatoms. The molecule has 0 saturated carbocycles. The largest absolute Gasteiger partial charge is 0.423 e. The van der Waals surface area contributed by atoms with E-state index in [2.05, 4.69) is 20.9 Å². The summed E-state index contributed by atoms with van der Waals surface area (Å²) in [4.78, 5) is 15.5. The minimum Gasteiger partial charge on any atom is -0.423 e. The smallest absolute Gasteiger partial charge is 0.336 e. The predicted octanol–water partition coefficient (Wildman–Crippen LogP) is 2.80. The second kappa shape index (κ2) is 4.42. The average molecular weight is 305 g/mol. The quantitative estimate of drug-likeness (QED) is 0.684. The van der Waals surface area contributed by atoms with Gasteiger partial charge in [-0.2, -0.15) is 0 Å². The lowest BCUT2D eigenvalue weighted by molar-refractivity contribution is 0.557. The van der Waals surface area contributed by atoms with Gasteiger partial charge in [0.2, 0.25) is 0 Å². The fraction of sp³-hybridized carbons (Fsp3) is 0.0769. The van der Waals surface area contributed by atoms with Crippen molar-refractivity contribution in [1.29, 1.82) is 0 Å². The Bertz CT molecular complexity index is 747. The van der Waals surface area contributed by atoms with Gasteiger partial charge < -0.3 is 8.98 Å². The van der Waals surface area contributed by atoms with Crippen LogP contribution in [0.25, 0.3) is 11.0 Å². The van der Waals surface area contributed by atoms with Gasteiger partial charge in [0, 0.05) is 34.9 Å². The standard InChI is InChI=1S/C13H9BrN2O2/c14-10-1-2-11-9(7-16-4-3-15-8-16)5-13(17)18-12(11)6-10/h1-6,8H,7H2. The van der Waals surface area contributed by atoms with Gasteiger partial charge in [-0.25, -0.2) is 9.78 Å². The highest BCUT2D eigenvalue weighted by Crippen LogP contribution is 2.22. The van der Waals surface area contributed by atoms with E-state index in [0.29, 0.717) is 12.1 Å². The third kappa shape index (κ3) is 2.09. The topological polar surface area (TPSA) is 48.0 Å². The molecule has 0 atom stereocenters. The lowest BCUT2D eigenvalue weighted by Crippen LogP contribution is -2.04. The second-order valence-electron chi connectivity index (χ2n) is 3.97. The summed E-state index contributed by atoms with van der Waals surface area (Å²) in [6, 6.07) is 7.19. The molecule has 0 aliphatic carbocycles. The normalized spacial score (nSPS) is 10.9. The molecule has 18 heavy (non-hydrogen) atoms. The summed E-state index contributed by atoms with van der Waals surface area (Å²) in [5.41, 5.74) is 1.18. The van der Waals surface area contributed by atoms with Crippen LogP contribution in [-0.2, 0) is 6.54 Å². The monoisotopic (exact) mass is 304 g/mol. The van der Waals surface area contributed by atoms with Gasteiger partial charge in [-0.05, 0) is 23.8 Å². The first-order chi connectivity index (χ1) is 8.72. The van der Waals surface area contributed by atoms with E-state index >= 15 is 0 Å². The Hall–Kier alpha value is -1.88. The first kappa shape index (κ1) is 11.2. The first-order valence-corrected chi connectivity index (χ1v) is 6.20. The number of halogens is 1. The van der Waals surface area contributed by atoms with Crippen LogP contribution in [0, 0.1) is 0 Å². The van der Waals surface area contributed by atoms with E-state index in [4.69, 9.17) is 4.42 Å². The third-order valence-electron chi connectivity index (χ3n) is 2.70. The van der Waals surface area contributed by atoms with E-state index in [0.717, 1.165) is 15.4 Å². The highest BCUT2D eigenvalue weighted by Gasteiger charge is 2.06. The van der Waals surface area contributed by atoms with E-state index in [1.165, 1.54) is 6.07 Å². The summed E-state index contributed by atoms with van der Waals surface area (Å²) in [5, 5.41) is 0.937. The highest BCUT2D eigenvalue weighted by molar-refractivity contribution is 9.10. The van der Waals surface area contributed by atoms with Gasteiger partial charge in [0.15, 0.2) is 0 Å². The number of nitrogens with zero attached hydrogens (tertiary/aromatic N) is 2. The Kier molecular flexibility index (Phi) is 2.76. The van der Waals surface area contributed by atoms with E-state index in [9.17, 15) is 4.79 Å². The van der Waals surface area contributed by atoms with Crippen LogP contribution in [0.2, 0.25) is 0 Å². The van der Waals surface area contributed by atoms with Gasteiger partial charge in [-0.3, -0.25) is 0 Å². The lowest BCUT2D eigenvalue weighted by Gasteiger charge is -2.06. The molecule has 90 valence electrons. The summed E-state index contributed by atoms with van der Waals surface area (Å²) < 4.78 is 7.99. The molecule has 2 heterocycles. The van der Waals surface area contributed by atoms with Crippen molar-refractivity contribution >= 4 is 26.9 Å². The Morgan fingerprint density at radius 1 is 1.33 bits per heavy atom. The molecule has 0 radical (unpaired) electrons. The SMILES string of the molecule is O=c1cc(Cn2ccnc2)c2ccc(Br)cc2o1. The predicted molar refractivity (Wildman–Crippen MR) is 71.5 cm³/mol. The van der Waals surface area contributed by atoms with Crippen LogP contribution in [-0.4, -0.2) is 9.55 Å². The molecular formula is C13H9BrN2O2. The minimum atomic E-state index is -0.337. The maximum Gasteiger partial charge on any atom is 0.336 e. The van der Waals surface area contributed by atoms with Gasteiger partial charge >= 0.3 is 5.63 Å². The zero-order valence-corrected chi connectivity index (χ0v) is 10.9. The number of imidazole rings is 1. The van der Waals surface area contributed by atoms with Gasteiger partial charge in [0.1, 0.15) is 5.58 Å². The number of aromatic nitrogens is 2. The van der Waals surface area contributed by atoms with Crippen molar-refractivity contribution in [2.24, 2.45) is 0 Å². The van der Waals surface area contributed by atoms with Gasteiger partial charge in [0.05, 0.1) is 6.33 Å². The van der Waals surface area contributed by atoms with Crippen molar-refractivity contribution in [3.8, 4) is 0 Å². The maximum absolute atomic E-state index is 11.5. The molecule has 0 bridgehead atoms. The van der Waals surface area contributed by atoms with E-state index < -0.39 is 0 Å². The van der Waals surface area contributed by atoms with Crippen molar-refractivity contribution in [1.82, 2.24) is 9.55 Å². The van der Waals surface area contributed by atoms with Crippen LogP contribution in [0.4, 0.5) is 0 Å². The molecule has 0 unspecified atom stereocenters. The Labute approximate surface area is 111 Å². The van der Waals surface area contributed by atoms with E-state index in [1.54, 1.807) is 18.6 Å². The molecule has 3 rings (SSSR count). The fourth-order valence-electron chi connectivity index (χ4n) is 1.91. The zero-order chi connectivity index (χ0) is 12.5. The third-order valence-corrected chi connectivity index (χ3v) is 3.20. The molecule has 0 amide bonds. The van der Waals surface area contributed by atoms with Gasteiger partial charge in [-0.1, -0.05) is 15.9 Å². The molecular weight excluding hydrogens is 296 g/mol. The van der Waals surface area contributed by atoms with E-state index in [-0.39, 0.29) is 5.63 Å². The molecule has 0 aliphatic rings. The zero-order valence-electron chi connectivity index (χ0n) is 9.34. The summed E-state index contributed by atoms with van der Waals surface area (Å²) >= 11 is 3.36. The fourth-order valence-corrected chi connectivity index (χ4v) is 2.25. The molecule has 0 N–H and O–H groups in total. The molecule has 0 fully saturated rings. The summed E-state index contributed by atoms with van der Waals surface area (Å²) in [6.07, 6.45) is 5.29. The number of benzene rings is 1. The number of fused-ring (bicyclic) bond motifs is 1. The van der Waals surface area contributed by atoms with Crippen LogP contribution in [0.3, 0.4) is 0 Å². The van der Waals surface area contributed by atoms with Crippen LogP contribution in [0.15, 0.2) is 56.7 Å². The Morgan fingerprint density at radius 3 is 3.00 bits per heavy atom. The van der Waals surface area contributed by atoms with Gasteiger partial charge in [0.25, 0.3) is 0 Å². The van der Waals surface area contributed by atoms with Gasteiger partial charge in [-0.15, -0.1) is 0 Å². The molecule has 3 aromatic rings. The summed E-state index contributed by atoms with van der Waals surface area (Å²) in [5.74, 6) is 0. The summed E-state index contributed by atoms with van der Waals surface area (Å²) in [6.45, 7) is 0.601. The van der Waals surface area contributed by atoms with Crippen LogP contribution in [0.1, 0.15) is 5.56 Å². The molecule has 2 aromatic heterocycles. The van der Waals surface area contributed by atoms with Crippen LogP contribution in [0.5, 0.6) is 0 Å². The van der Waals surface area contributed by atoms with Crippen molar-refractivity contribution in [3.63, 3.8) is 0 Å². The Balaban J connectivity index is 2.18. The summed E-state index contributed by atoms with van der Waals surface area (Å²) in [7, 11) is 0. The lowest BCUT2D eigenvalue weighted by atomic mass is 10.1. The van der Waals surface area contributed by atoms with E-state index in [1.807, 2.05) is 22.9 Å². The molecule has 0 saturated heterocycles. The highest BCUT2D eigenvalue weighted by atomic mass is 79.9. The average Bonchev–Trinajstić information content (AvgIpc) is 2.80. The molecule has 0 aliphatic heterocycles. The Morgan fingerprint density at radius 2 is 2.22 bits per heavy atom. The first-order valence-electron chi connectivity index (χ1n) is 5.40. The minimum absolute atomic E-state index is 0.337. The van der Waals surface area contributed by atoms with Crippen LogP contribution >= 0.6 is 15.9 Å². The van der Waals surface area contributed by atoms with Crippen molar-refractivity contribution in [2.45, 2.75) is 6.54 Å². The second-order valence-corrected chi connectivity index (χ2v) is 4.88. The molecule has 1 aromatic carbocycles. The molecule has 0 spiro atoms. The molecule has 4 nitrogen and oxygen atoms in total.